The molecule has 1 aliphatic heterocycles. The predicted molar refractivity (Wildman–Crippen MR) is 44.2 cm³/mol. The van der Waals surface area contributed by atoms with Gasteiger partial charge in [0.15, 0.2) is 5.60 Å². The van der Waals surface area contributed by atoms with Crippen molar-refractivity contribution in [2.45, 2.75) is 18.7 Å². The van der Waals surface area contributed by atoms with Gasteiger partial charge < -0.3 is 14.8 Å². The van der Waals surface area contributed by atoms with E-state index in [0.717, 1.165) is 0 Å². The molecule has 1 N–H and O–H groups in total. The molecule has 4 nitrogen and oxygen atoms in total. The van der Waals surface area contributed by atoms with E-state index < -0.39 is 24.4 Å². The van der Waals surface area contributed by atoms with E-state index in [1.807, 2.05) is 0 Å². The summed E-state index contributed by atoms with van der Waals surface area (Å²) in [6.45, 7) is 0.378. The summed E-state index contributed by atoms with van der Waals surface area (Å²) in [6.07, 6.45) is -4.47. The minimum Gasteiger partial charge on any atom is -0.464 e. The Balaban J connectivity index is 2.45. The standard InChI is InChI=1S/C8H12F3NO3/c1-2-14-6(13)3-15-7(4-12-5-7)8(9,10)11/h12H,2-5H2,1H3. The van der Waals surface area contributed by atoms with Gasteiger partial charge in [0.1, 0.15) is 6.61 Å². The zero-order valence-electron chi connectivity index (χ0n) is 8.19. The first-order valence-corrected chi connectivity index (χ1v) is 4.48. The van der Waals surface area contributed by atoms with E-state index in [-0.39, 0.29) is 19.7 Å². The van der Waals surface area contributed by atoms with Crippen molar-refractivity contribution >= 4 is 5.97 Å². The van der Waals surface area contributed by atoms with Gasteiger partial charge in [-0.1, -0.05) is 0 Å². The van der Waals surface area contributed by atoms with Crippen LogP contribution >= 0.6 is 0 Å². The van der Waals surface area contributed by atoms with Crippen LogP contribution < -0.4 is 5.32 Å². The highest BCUT2D eigenvalue weighted by Gasteiger charge is 2.60. The van der Waals surface area contributed by atoms with Crippen LogP contribution in [0.5, 0.6) is 0 Å². The van der Waals surface area contributed by atoms with Crippen LogP contribution in [-0.2, 0) is 14.3 Å². The molecule has 1 aliphatic rings. The van der Waals surface area contributed by atoms with Gasteiger partial charge in [0.2, 0.25) is 0 Å². The number of hydrogen-bond acceptors (Lipinski definition) is 4. The Morgan fingerprint density at radius 2 is 2.07 bits per heavy atom. The molecule has 7 heteroatoms. The summed E-state index contributed by atoms with van der Waals surface area (Å²) in [5.74, 6) is -0.784. The third-order valence-electron chi connectivity index (χ3n) is 2.11. The predicted octanol–water partition coefficient (Wildman–Crippen LogP) is 0.470. The van der Waals surface area contributed by atoms with E-state index in [4.69, 9.17) is 0 Å². The van der Waals surface area contributed by atoms with Crippen molar-refractivity contribution in [1.29, 1.82) is 0 Å². The van der Waals surface area contributed by atoms with Crippen molar-refractivity contribution in [3.63, 3.8) is 0 Å². The lowest BCUT2D eigenvalue weighted by atomic mass is 9.96. The number of carbonyl (C=O) groups excluding carboxylic acids is 1. The van der Waals surface area contributed by atoms with Gasteiger partial charge >= 0.3 is 12.1 Å². The molecule has 0 saturated carbocycles. The fraction of sp³-hybridized carbons (Fsp3) is 0.875. The quantitative estimate of drug-likeness (QED) is 0.709. The van der Waals surface area contributed by atoms with Crippen LogP contribution in [0.15, 0.2) is 0 Å². The lowest BCUT2D eigenvalue weighted by Gasteiger charge is -2.42. The molecular weight excluding hydrogens is 215 g/mol. The molecule has 0 aromatic rings. The molecule has 0 aromatic carbocycles. The molecular formula is C8H12F3NO3. The Labute approximate surface area is 84.7 Å². The fourth-order valence-electron chi connectivity index (χ4n) is 1.14. The number of nitrogens with one attached hydrogen (secondary N) is 1. The summed E-state index contributed by atoms with van der Waals surface area (Å²) < 4.78 is 46.5. The maximum absolute atomic E-state index is 12.5. The third-order valence-corrected chi connectivity index (χ3v) is 2.11. The Morgan fingerprint density at radius 1 is 1.47 bits per heavy atom. The van der Waals surface area contributed by atoms with Crippen molar-refractivity contribution < 1.29 is 27.4 Å². The van der Waals surface area contributed by atoms with Gasteiger partial charge in [0.25, 0.3) is 0 Å². The molecule has 0 bridgehead atoms. The van der Waals surface area contributed by atoms with Crippen LogP contribution in [0.3, 0.4) is 0 Å². The van der Waals surface area contributed by atoms with E-state index in [0.29, 0.717) is 0 Å². The van der Waals surface area contributed by atoms with Crippen molar-refractivity contribution in [2.24, 2.45) is 0 Å². The number of esters is 1. The van der Waals surface area contributed by atoms with Crippen LogP contribution in [0.1, 0.15) is 6.92 Å². The van der Waals surface area contributed by atoms with Gasteiger partial charge in [0, 0.05) is 13.1 Å². The molecule has 1 heterocycles. The average molecular weight is 227 g/mol. The van der Waals surface area contributed by atoms with Gasteiger partial charge in [-0.3, -0.25) is 0 Å². The number of halogens is 3. The molecule has 1 saturated heterocycles. The lowest BCUT2D eigenvalue weighted by molar-refractivity contribution is -0.292. The third kappa shape index (κ3) is 2.60. The Bertz CT molecular complexity index is 238. The second kappa shape index (κ2) is 4.36. The first kappa shape index (κ1) is 12.3. The molecule has 0 amide bonds. The summed E-state index contributed by atoms with van der Waals surface area (Å²) in [5, 5.41) is 2.47. The molecule has 0 radical (unpaired) electrons. The number of carbonyl (C=O) groups is 1. The number of rotatable bonds is 4. The second-order valence-electron chi connectivity index (χ2n) is 3.19. The minimum atomic E-state index is -4.47. The van der Waals surface area contributed by atoms with Gasteiger partial charge in [-0.2, -0.15) is 13.2 Å². The monoisotopic (exact) mass is 227 g/mol. The Kier molecular flexibility index (Phi) is 3.56. The SMILES string of the molecule is CCOC(=O)COC1(C(F)(F)F)CNC1. The Hall–Kier alpha value is -0.820. The lowest BCUT2D eigenvalue weighted by Crippen LogP contribution is -2.69. The Morgan fingerprint density at radius 3 is 2.40 bits per heavy atom. The van der Waals surface area contributed by atoms with Gasteiger partial charge in [-0.25, -0.2) is 4.79 Å². The zero-order chi connectivity index (χ0) is 11.5. The van der Waals surface area contributed by atoms with Crippen LogP contribution in [-0.4, -0.2) is 44.0 Å². The van der Waals surface area contributed by atoms with Crippen molar-refractivity contribution in [2.75, 3.05) is 26.3 Å². The number of hydrogen-bond donors (Lipinski definition) is 1. The highest BCUT2D eigenvalue weighted by molar-refractivity contribution is 5.70. The van der Waals surface area contributed by atoms with Crippen molar-refractivity contribution in [3.05, 3.63) is 0 Å². The number of alkyl halides is 3. The molecule has 0 atom stereocenters. The summed E-state index contributed by atoms with van der Waals surface area (Å²) in [5.41, 5.74) is -2.22. The van der Waals surface area contributed by atoms with E-state index in [2.05, 4.69) is 14.8 Å². The normalized spacial score (nSPS) is 19.5. The highest BCUT2D eigenvalue weighted by atomic mass is 19.4. The van der Waals surface area contributed by atoms with Crippen LogP contribution in [0, 0.1) is 0 Å². The van der Waals surface area contributed by atoms with E-state index in [9.17, 15) is 18.0 Å². The fourth-order valence-corrected chi connectivity index (χ4v) is 1.14. The molecule has 0 unspecified atom stereocenters. The largest absolute Gasteiger partial charge is 0.464 e. The summed E-state index contributed by atoms with van der Waals surface area (Å²) >= 11 is 0. The summed E-state index contributed by atoms with van der Waals surface area (Å²) in [7, 11) is 0. The van der Waals surface area contributed by atoms with Gasteiger partial charge in [0.05, 0.1) is 6.61 Å². The van der Waals surface area contributed by atoms with E-state index >= 15 is 0 Å². The molecule has 0 spiro atoms. The minimum absolute atomic E-state index is 0.124. The first-order chi connectivity index (χ1) is 6.91. The van der Waals surface area contributed by atoms with Crippen molar-refractivity contribution in [3.8, 4) is 0 Å². The molecule has 15 heavy (non-hydrogen) atoms. The van der Waals surface area contributed by atoms with E-state index in [1.54, 1.807) is 6.92 Å². The smallest absolute Gasteiger partial charge is 0.419 e. The number of ether oxygens (including phenoxy) is 2. The van der Waals surface area contributed by atoms with E-state index in [1.165, 1.54) is 0 Å². The topological polar surface area (TPSA) is 47.6 Å². The van der Waals surface area contributed by atoms with Crippen LogP contribution in [0.4, 0.5) is 13.2 Å². The summed E-state index contributed by atoms with van der Waals surface area (Å²) in [4.78, 5) is 10.8. The molecule has 1 rings (SSSR count). The first-order valence-electron chi connectivity index (χ1n) is 4.48. The zero-order valence-corrected chi connectivity index (χ0v) is 8.19. The maximum atomic E-state index is 12.5. The molecule has 0 aliphatic carbocycles. The molecule has 1 fully saturated rings. The molecule has 0 aromatic heterocycles. The van der Waals surface area contributed by atoms with Gasteiger partial charge in [-0.15, -0.1) is 0 Å². The second-order valence-corrected chi connectivity index (χ2v) is 3.19. The average Bonchev–Trinajstić information content (AvgIpc) is 1.99. The van der Waals surface area contributed by atoms with Crippen LogP contribution in [0.25, 0.3) is 0 Å². The van der Waals surface area contributed by atoms with Crippen molar-refractivity contribution in [1.82, 2.24) is 5.32 Å². The maximum Gasteiger partial charge on any atom is 0.419 e. The summed E-state index contributed by atoms with van der Waals surface area (Å²) in [6, 6.07) is 0. The van der Waals surface area contributed by atoms with Gasteiger partial charge in [-0.05, 0) is 6.92 Å². The van der Waals surface area contributed by atoms with Crippen LogP contribution in [0.2, 0.25) is 0 Å². The highest BCUT2D eigenvalue weighted by Crippen LogP contribution is 2.36. The molecule has 88 valence electrons.